The molecule has 0 aliphatic carbocycles. The average Bonchev–Trinajstić information content (AvgIpc) is 2.59. The van der Waals surface area contributed by atoms with Crippen LogP contribution in [0.25, 0.3) is 0 Å². The van der Waals surface area contributed by atoms with Gasteiger partial charge in [0.2, 0.25) is 0 Å². The van der Waals surface area contributed by atoms with Gasteiger partial charge in [-0.1, -0.05) is 30.3 Å². The summed E-state index contributed by atoms with van der Waals surface area (Å²) >= 11 is 0. The van der Waals surface area contributed by atoms with Crippen molar-refractivity contribution in [2.45, 2.75) is 27.2 Å². The van der Waals surface area contributed by atoms with E-state index in [1.165, 1.54) is 11.6 Å². The standard InChI is InChI=1S/C21H23FN4/c1-14-8-9-15(2)19(12-14)26-21-13-20(24-16(3)25-21)23-11-10-17-6-4-5-7-18(17)22/h4-9,12-13H,10-11H2,1-3H3,(H2,23,24,25,26). The quantitative estimate of drug-likeness (QED) is 0.661. The second-order valence-corrected chi connectivity index (χ2v) is 6.40. The summed E-state index contributed by atoms with van der Waals surface area (Å²) in [5, 5.41) is 6.62. The molecule has 0 atom stereocenters. The Morgan fingerprint density at radius 1 is 0.923 bits per heavy atom. The molecule has 2 aromatic carbocycles. The Labute approximate surface area is 153 Å². The molecule has 134 valence electrons. The first-order chi connectivity index (χ1) is 12.5. The van der Waals surface area contributed by atoms with Crippen molar-refractivity contribution in [1.29, 1.82) is 0 Å². The average molecular weight is 350 g/mol. The van der Waals surface area contributed by atoms with Gasteiger partial charge in [0.1, 0.15) is 23.3 Å². The predicted octanol–water partition coefficient (Wildman–Crippen LogP) is 4.94. The summed E-state index contributed by atoms with van der Waals surface area (Å²) in [6.07, 6.45) is 0.593. The molecule has 0 unspecified atom stereocenters. The number of nitrogens with one attached hydrogen (secondary N) is 2. The largest absolute Gasteiger partial charge is 0.370 e. The number of aromatic nitrogens is 2. The molecule has 3 rings (SSSR count). The van der Waals surface area contributed by atoms with Crippen LogP contribution in [0.4, 0.5) is 21.7 Å². The lowest BCUT2D eigenvalue weighted by Crippen LogP contribution is -2.09. The highest BCUT2D eigenvalue weighted by molar-refractivity contribution is 5.63. The zero-order valence-electron chi connectivity index (χ0n) is 15.3. The number of aryl methyl sites for hydroxylation is 3. The first-order valence-electron chi connectivity index (χ1n) is 8.68. The van der Waals surface area contributed by atoms with Crippen LogP contribution >= 0.6 is 0 Å². The Kier molecular flexibility index (Phi) is 5.46. The van der Waals surface area contributed by atoms with E-state index in [-0.39, 0.29) is 5.82 Å². The molecule has 0 saturated heterocycles. The third-order valence-electron chi connectivity index (χ3n) is 4.15. The molecular formula is C21H23FN4. The molecule has 1 aromatic heterocycles. The van der Waals surface area contributed by atoms with Crippen molar-refractivity contribution in [1.82, 2.24) is 9.97 Å². The Morgan fingerprint density at radius 3 is 2.50 bits per heavy atom. The van der Waals surface area contributed by atoms with E-state index in [9.17, 15) is 4.39 Å². The van der Waals surface area contributed by atoms with Gasteiger partial charge in [-0.15, -0.1) is 0 Å². The summed E-state index contributed by atoms with van der Waals surface area (Å²) in [4.78, 5) is 8.87. The molecule has 3 aromatic rings. The lowest BCUT2D eigenvalue weighted by atomic mass is 10.1. The molecule has 0 spiro atoms. The Bertz CT molecular complexity index is 908. The van der Waals surface area contributed by atoms with Gasteiger partial charge in [0.05, 0.1) is 0 Å². The maximum Gasteiger partial charge on any atom is 0.136 e. The van der Waals surface area contributed by atoms with Crippen LogP contribution in [0.15, 0.2) is 48.5 Å². The van der Waals surface area contributed by atoms with Gasteiger partial charge < -0.3 is 10.6 Å². The van der Waals surface area contributed by atoms with Gasteiger partial charge in [0.25, 0.3) is 0 Å². The summed E-state index contributed by atoms with van der Waals surface area (Å²) in [5.41, 5.74) is 4.06. The van der Waals surface area contributed by atoms with Crippen molar-refractivity contribution in [2.24, 2.45) is 0 Å². The molecular weight excluding hydrogens is 327 g/mol. The molecule has 0 radical (unpaired) electrons. The summed E-state index contributed by atoms with van der Waals surface area (Å²) in [6, 6.07) is 15.0. The van der Waals surface area contributed by atoms with Crippen LogP contribution in [0.3, 0.4) is 0 Å². The van der Waals surface area contributed by atoms with E-state index in [4.69, 9.17) is 0 Å². The van der Waals surface area contributed by atoms with E-state index in [0.717, 1.165) is 22.9 Å². The highest BCUT2D eigenvalue weighted by Crippen LogP contribution is 2.22. The third kappa shape index (κ3) is 4.57. The van der Waals surface area contributed by atoms with Crippen LogP contribution in [-0.2, 0) is 6.42 Å². The van der Waals surface area contributed by atoms with Crippen molar-refractivity contribution in [3.8, 4) is 0 Å². The smallest absolute Gasteiger partial charge is 0.136 e. The summed E-state index contributed by atoms with van der Waals surface area (Å²) in [5.74, 6) is 1.96. The fourth-order valence-electron chi connectivity index (χ4n) is 2.76. The summed E-state index contributed by atoms with van der Waals surface area (Å²) in [6.45, 7) is 6.57. The molecule has 0 amide bonds. The van der Waals surface area contributed by atoms with Gasteiger partial charge in [0.15, 0.2) is 0 Å². The molecule has 5 heteroatoms. The van der Waals surface area contributed by atoms with Gasteiger partial charge >= 0.3 is 0 Å². The van der Waals surface area contributed by atoms with Gasteiger partial charge in [0, 0.05) is 18.3 Å². The highest BCUT2D eigenvalue weighted by atomic mass is 19.1. The maximum atomic E-state index is 13.7. The molecule has 0 saturated carbocycles. The normalized spacial score (nSPS) is 10.6. The van der Waals surface area contributed by atoms with Crippen molar-refractivity contribution in [3.05, 3.63) is 76.9 Å². The molecule has 26 heavy (non-hydrogen) atoms. The Balaban J connectivity index is 1.69. The van der Waals surface area contributed by atoms with Gasteiger partial charge in [-0.25, -0.2) is 14.4 Å². The molecule has 0 aliphatic heterocycles. The monoisotopic (exact) mass is 350 g/mol. The minimum absolute atomic E-state index is 0.176. The maximum absolute atomic E-state index is 13.7. The van der Waals surface area contributed by atoms with E-state index in [2.05, 4.69) is 52.6 Å². The fraction of sp³-hybridized carbons (Fsp3) is 0.238. The van der Waals surface area contributed by atoms with Crippen LogP contribution < -0.4 is 10.6 Å². The zero-order valence-corrected chi connectivity index (χ0v) is 15.3. The first kappa shape index (κ1) is 17.9. The topological polar surface area (TPSA) is 49.8 Å². The van der Waals surface area contributed by atoms with E-state index in [1.807, 2.05) is 19.1 Å². The molecule has 2 N–H and O–H groups in total. The minimum Gasteiger partial charge on any atom is -0.370 e. The molecule has 0 fully saturated rings. The summed E-state index contributed by atoms with van der Waals surface area (Å²) in [7, 11) is 0. The summed E-state index contributed by atoms with van der Waals surface area (Å²) < 4.78 is 13.7. The van der Waals surface area contributed by atoms with Crippen molar-refractivity contribution in [3.63, 3.8) is 0 Å². The van der Waals surface area contributed by atoms with Crippen LogP contribution in [0.2, 0.25) is 0 Å². The number of anilines is 3. The second-order valence-electron chi connectivity index (χ2n) is 6.40. The van der Waals surface area contributed by atoms with Crippen LogP contribution in [-0.4, -0.2) is 16.5 Å². The van der Waals surface area contributed by atoms with Crippen LogP contribution in [0.1, 0.15) is 22.5 Å². The Hall–Kier alpha value is -2.95. The van der Waals surface area contributed by atoms with Crippen LogP contribution in [0, 0.1) is 26.6 Å². The second kappa shape index (κ2) is 7.95. The van der Waals surface area contributed by atoms with E-state index in [0.29, 0.717) is 24.4 Å². The van der Waals surface area contributed by atoms with E-state index in [1.54, 1.807) is 12.1 Å². The molecule has 0 bridgehead atoms. The SMILES string of the molecule is Cc1ccc(C)c(Nc2cc(NCCc3ccccc3F)nc(C)n2)c1. The highest BCUT2D eigenvalue weighted by Gasteiger charge is 2.06. The zero-order chi connectivity index (χ0) is 18.5. The van der Waals surface area contributed by atoms with Crippen LogP contribution in [0.5, 0.6) is 0 Å². The number of rotatable bonds is 6. The lowest BCUT2D eigenvalue weighted by Gasteiger charge is -2.12. The lowest BCUT2D eigenvalue weighted by molar-refractivity contribution is 0.610. The van der Waals surface area contributed by atoms with Crippen molar-refractivity contribution < 1.29 is 4.39 Å². The minimum atomic E-state index is -0.176. The molecule has 1 heterocycles. The Morgan fingerprint density at radius 2 is 1.69 bits per heavy atom. The number of halogens is 1. The number of benzene rings is 2. The fourth-order valence-corrected chi connectivity index (χ4v) is 2.76. The van der Waals surface area contributed by atoms with Gasteiger partial charge in [-0.2, -0.15) is 0 Å². The third-order valence-corrected chi connectivity index (χ3v) is 4.15. The van der Waals surface area contributed by atoms with Crippen molar-refractivity contribution in [2.75, 3.05) is 17.2 Å². The molecule has 0 aliphatic rings. The first-order valence-corrected chi connectivity index (χ1v) is 8.68. The van der Waals surface area contributed by atoms with Crippen molar-refractivity contribution >= 4 is 17.3 Å². The number of hydrogen-bond donors (Lipinski definition) is 2. The van der Waals surface area contributed by atoms with E-state index < -0.39 is 0 Å². The predicted molar refractivity (Wildman–Crippen MR) is 105 cm³/mol. The van der Waals surface area contributed by atoms with E-state index >= 15 is 0 Å². The van der Waals surface area contributed by atoms with Gasteiger partial charge in [-0.05, 0) is 56.0 Å². The number of hydrogen-bond acceptors (Lipinski definition) is 4. The number of nitrogens with zero attached hydrogens (tertiary/aromatic N) is 2. The molecule has 4 nitrogen and oxygen atoms in total. The van der Waals surface area contributed by atoms with Gasteiger partial charge in [-0.3, -0.25) is 0 Å².